The summed E-state index contributed by atoms with van der Waals surface area (Å²) < 4.78 is 5.02. The minimum atomic E-state index is -0.265. The molecule has 0 atom stereocenters. The van der Waals surface area contributed by atoms with E-state index in [1.54, 1.807) is 6.92 Å². The zero-order chi connectivity index (χ0) is 15.2. The van der Waals surface area contributed by atoms with Crippen LogP contribution in [0.1, 0.15) is 43.1 Å². The van der Waals surface area contributed by atoms with Gasteiger partial charge in [0.2, 0.25) is 0 Å². The first-order chi connectivity index (χ1) is 10.1. The fraction of sp³-hybridized carbons (Fsp3) is 0.571. The van der Waals surface area contributed by atoms with Crippen molar-refractivity contribution in [3.8, 4) is 0 Å². The van der Waals surface area contributed by atoms with Crippen LogP contribution in [0.3, 0.4) is 0 Å². The van der Waals surface area contributed by atoms with E-state index in [2.05, 4.69) is 15.5 Å². The van der Waals surface area contributed by atoms with Gasteiger partial charge in [0, 0.05) is 6.04 Å². The molecule has 6 nitrogen and oxygen atoms in total. The van der Waals surface area contributed by atoms with E-state index in [4.69, 9.17) is 16.3 Å². The minimum absolute atomic E-state index is 0.0478. The zero-order valence-corrected chi connectivity index (χ0v) is 12.6. The highest BCUT2D eigenvalue weighted by molar-refractivity contribution is 6.29. The van der Waals surface area contributed by atoms with Crippen LogP contribution in [0, 0.1) is 5.92 Å². The molecule has 114 valence electrons. The van der Waals surface area contributed by atoms with E-state index in [1.165, 1.54) is 12.1 Å². The van der Waals surface area contributed by atoms with Crippen molar-refractivity contribution < 1.29 is 14.3 Å². The van der Waals surface area contributed by atoms with Crippen molar-refractivity contribution in [2.24, 2.45) is 5.92 Å². The maximum atomic E-state index is 12.0. The lowest BCUT2D eigenvalue weighted by Gasteiger charge is -2.27. The standard InChI is InChI=1S/C14H18ClN3O3/c1-2-21-14(20)9-3-5-10(6-4-9)16-13(19)11-7-8-12(15)18-17-11/h7-10H,2-6H2,1H3,(H,16,19). The molecule has 0 aromatic carbocycles. The van der Waals surface area contributed by atoms with Crippen molar-refractivity contribution >= 4 is 23.5 Å². The molecule has 1 saturated carbocycles. The normalized spacial score (nSPS) is 21.6. The van der Waals surface area contributed by atoms with Gasteiger partial charge in [0.1, 0.15) is 0 Å². The molecule has 1 aliphatic carbocycles. The molecule has 1 N–H and O–H groups in total. The molecule has 1 heterocycles. The molecule has 2 rings (SSSR count). The van der Waals surface area contributed by atoms with Gasteiger partial charge in [0.25, 0.3) is 5.91 Å². The average molecular weight is 312 g/mol. The second kappa shape index (κ2) is 7.36. The Morgan fingerprint density at radius 1 is 1.29 bits per heavy atom. The third kappa shape index (κ3) is 4.39. The second-order valence-corrected chi connectivity index (χ2v) is 5.40. The van der Waals surface area contributed by atoms with E-state index in [0.717, 1.165) is 25.7 Å². The van der Waals surface area contributed by atoms with Crippen LogP contribution in [0.2, 0.25) is 5.15 Å². The molecule has 0 unspecified atom stereocenters. The summed E-state index contributed by atoms with van der Waals surface area (Å²) in [5.41, 5.74) is 0.243. The molecular formula is C14H18ClN3O3. The lowest BCUT2D eigenvalue weighted by molar-refractivity contribution is -0.149. The van der Waals surface area contributed by atoms with Crippen LogP contribution in [-0.2, 0) is 9.53 Å². The average Bonchev–Trinajstić information content (AvgIpc) is 2.49. The maximum absolute atomic E-state index is 12.0. The topological polar surface area (TPSA) is 81.2 Å². The molecule has 0 saturated heterocycles. The molecule has 0 spiro atoms. The molecule has 7 heteroatoms. The Hall–Kier alpha value is -1.69. The van der Waals surface area contributed by atoms with Gasteiger partial charge in [-0.15, -0.1) is 10.2 Å². The number of rotatable bonds is 4. The van der Waals surface area contributed by atoms with Crippen LogP contribution < -0.4 is 5.32 Å². The second-order valence-electron chi connectivity index (χ2n) is 5.02. The van der Waals surface area contributed by atoms with Crippen molar-refractivity contribution in [2.75, 3.05) is 6.61 Å². The Morgan fingerprint density at radius 3 is 2.57 bits per heavy atom. The van der Waals surface area contributed by atoms with Gasteiger partial charge >= 0.3 is 5.97 Å². The predicted molar refractivity (Wildman–Crippen MR) is 76.9 cm³/mol. The molecule has 0 bridgehead atoms. The summed E-state index contributed by atoms with van der Waals surface area (Å²) in [6, 6.07) is 3.12. The minimum Gasteiger partial charge on any atom is -0.466 e. The largest absolute Gasteiger partial charge is 0.466 e. The number of carbonyl (C=O) groups is 2. The Bertz CT molecular complexity index is 499. The van der Waals surface area contributed by atoms with Crippen LogP contribution >= 0.6 is 11.6 Å². The van der Waals surface area contributed by atoms with E-state index in [-0.39, 0.29) is 34.7 Å². The molecular weight excluding hydrogens is 294 g/mol. The monoisotopic (exact) mass is 311 g/mol. The number of hydrogen-bond donors (Lipinski definition) is 1. The summed E-state index contributed by atoms with van der Waals surface area (Å²) in [6.07, 6.45) is 2.98. The van der Waals surface area contributed by atoms with Gasteiger partial charge in [-0.05, 0) is 44.7 Å². The van der Waals surface area contributed by atoms with Crippen molar-refractivity contribution in [2.45, 2.75) is 38.6 Å². The number of carbonyl (C=O) groups excluding carboxylic acids is 2. The van der Waals surface area contributed by atoms with Crippen molar-refractivity contribution in [3.05, 3.63) is 23.0 Å². The van der Waals surface area contributed by atoms with Crippen LogP contribution in [0.5, 0.6) is 0 Å². The number of halogens is 1. The number of nitrogens with one attached hydrogen (secondary N) is 1. The van der Waals surface area contributed by atoms with Gasteiger partial charge < -0.3 is 10.1 Å². The highest BCUT2D eigenvalue weighted by Gasteiger charge is 2.28. The fourth-order valence-corrected chi connectivity index (χ4v) is 2.53. The molecule has 1 aromatic heterocycles. The summed E-state index contributed by atoms with van der Waals surface area (Å²) in [5.74, 6) is -0.446. The highest BCUT2D eigenvalue weighted by atomic mass is 35.5. The number of esters is 1. The lowest BCUT2D eigenvalue weighted by atomic mass is 9.86. The third-order valence-corrected chi connectivity index (χ3v) is 3.75. The number of hydrogen-bond acceptors (Lipinski definition) is 5. The number of amides is 1. The van der Waals surface area contributed by atoms with E-state index in [1.807, 2.05) is 0 Å². The molecule has 1 amide bonds. The van der Waals surface area contributed by atoms with Gasteiger partial charge in [-0.1, -0.05) is 11.6 Å². The smallest absolute Gasteiger partial charge is 0.308 e. The van der Waals surface area contributed by atoms with Crippen LogP contribution in [0.25, 0.3) is 0 Å². The molecule has 1 aromatic rings. The number of aromatic nitrogens is 2. The Labute approximate surface area is 128 Å². The Morgan fingerprint density at radius 2 is 2.00 bits per heavy atom. The molecule has 21 heavy (non-hydrogen) atoms. The molecule has 1 fully saturated rings. The summed E-state index contributed by atoms with van der Waals surface area (Å²) in [6.45, 7) is 2.21. The quantitative estimate of drug-likeness (QED) is 0.860. The van der Waals surface area contributed by atoms with Crippen LogP contribution in [0.4, 0.5) is 0 Å². The first-order valence-electron chi connectivity index (χ1n) is 7.07. The maximum Gasteiger partial charge on any atom is 0.308 e. The first kappa shape index (κ1) is 15.7. The van der Waals surface area contributed by atoms with Crippen LogP contribution in [-0.4, -0.2) is 34.7 Å². The van der Waals surface area contributed by atoms with Crippen molar-refractivity contribution in [1.82, 2.24) is 15.5 Å². The van der Waals surface area contributed by atoms with Crippen molar-refractivity contribution in [1.29, 1.82) is 0 Å². The fourth-order valence-electron chi connectivity index (χ4n) is 2.43. The van der Waals surface area contributed by atoms with Crippen LogP contribution in [0.15, 0.2) is 12.1 Å². The van der Waals surface area contributed by atoms with E-state index in [9.17, 15) is 9.59 Å². The van der Waals surface area contributed by atoms with Gasteiger partial charge in [-0.25, -0.2) is 0 Å². The van der Waals surface area contributed by atoms with Gasteiger partial charge in [0.05, 0.1) is 12.5 Å². The van der Waals surface area contributed by atoms with Crippen molar-refractivity contribution in [3.63, 3.8) is 0 Å². The van der Waals surface area contributed by atoms with Gasteiger partial charge in [0.15, 0.2) is 10.8 Å². The summed E-state index contributed by atoms with van der Waals surface area (Å²) in [5, 5.41) is 10.5. The van der Waals surface area contributed by atoms with Gasteiger partial charge in [-0.3, -0.25) is 9.59 Å². The van der Waals surface area contributed by atoms with E-state index in [0.29, 0.717) is 6.61 Å². The highest BCUT2D eigenvalue weighted by Crippen LogP contribution is 2.25. The summed E-state index contributed by atoms with van der Waals surface area (Å²) in [7, 11) is 0. The Kier molecular flexibility index (Phi) is 5.50. The number of ether oxygens (including phenoxy) is 1. The predicted octanol–water partition coefficient (Wildman–Crippen LogP) is 1.98. The SMILES string of the molecule is CCOC(=O)C1CCC(NC(=O)c2ccc(Cl)nn2)CC1. The number of nitrogens with zero attached hydrogens (tertiary/aromatic N) is 2. The summed E-state index contributed by atoms with van der Waals surface area (Å²) >= 11 is 5.63. The van der Waals surface area contributed by atoms with E-state index >= 15 is 0 Å². The Balaban J connectivity index is 1.82. The zero-order valence-electron chi connectivity index (χ0n) is 11.8. The van der Waals surface area contributed by atoms with Gasteiger partial charge in [-0.2, -0.15) is 0 Å². The lowest BCUT2D eigenvalue weighted by Crippen LogP contribution is -2.39. The summed E-state index contributed by atoms with van der Waals surface area (Å²) in [4.78, 5) is 23.6. The molecule has 0 aliphatic heterocycles. The first-order valence-corrected chi connectivity index (χ1v) is 7.44. The van der Waals surface area contributed by atoms with E-state index < -0.39 is 0 Å². The third-order valence-electron chi connectivity index (χ3n) is 3.55. The molecule has 0 radical (unpaired) electrons. The molecule has 1 aliphatic rings.